The number of carbonyl (C=O) groups is 2. The maximum atomic E-state index is 11.4. The summed E-state index contributed by atoms with van der Waals surface area (Å²) in [5, 5.41) is 2.53. The smallest absolute Gasteiger partial charge is 0.292 e. The Morgan fingerprint density at radius 2 is 1.95 bits per heavy atom. The quantitative estimate of drug-likeness (QED) is 0.629. The Bertz CT molecular complexity index is 512. The van der Waals surface area contributed by atoms with E-state index in [0.717, 1.165) is 5.56 Å². The lowest BCUT2D eigenvalue weighted by molar-refractivity contribution is -0.134. The van der Waals surface area contributed by atoms with Crippen LogP contribution in [-0.2, 0) is 20.7 Å². The molecule has 6 heteroatoms. The number of Topliss-reactive ketones (excluding diaryl/α,β-unsaturated/α-hetero) is 1. The molecule has 6 nitrogen and oxygen atoms in total. The van der Waals surface area contributed by atoms with Crippen LogP contribution in [0.4, 0.5) is 5.69 Å². The van der Waals surface area contributed by atoms with Crippen LogP contribution in [-0.4, -0.2) is 39.1 Å². The molecule has 0 aliphatic carbocycles. The molecule has 1 amide bonds. The molecule has 1 aromatic rings. The summed E-state index contributed by atoms with van der Waals surface area (Å²) in [5.41, 5.74) is 1.30. The molecule has 0 spiro atoms. The zero-order valence-electron chi connectivity index (χ0n) is 10.8. The van der Waals surface area contributed by atoms with E-state index in [1.807, 2.05) is 0 Å². The predicted octanol–water partition coefficient (Wildman–Crippen LogP) is 0.784. The van der Waals surface area contributed by atoms with Gasteiger partial charge >= 0.3 is 0 Å². The highest BCUT2D eigenvalue weighted by Crippen LogP contribution is 2.35. The number of fused-ring (bicyclic) bond motifs is 1. The van der Waals surface area contributed by atoms with Gasteiger partial charge in [0.1, 0.15) is 6.61 Å². The van der Waals surface area contributed by atoms with E-state index in [0.29, 0.717) is 30.4 Å². The van der Waals surface area contributed by atoms with Gasteiger partial charge in [-0.05, 0) is 11.6 Å². The van der Waals surface area contributed by atoms with Crippen molar-refractivity contribution in [3.05, 3.63) is 17.7 Å². The lowest BCUT2D eigenvalue weighted by atomic mass is 10.0. The average molecular weight is 265 g/mol. The van der Waals surface area contributed by atoms with E-state index in [9.17, 15) is 9.59 Å². The van der Waals surface area contributed by atoms with Crippen LogP contribution in [0, 0.1) is 0 Å². The summed E-state index contributed by atoms with van der Waals surface area (Å²) in [7, 11) is 3.10. The lowest BCUT2D eigenvalue weighted by Gasteiger charge is -2.19. The van der Waals surface area contributed by atoms with E-state index >= 15 is 0 Å². The van der Waals surface area contributed by atoms with E-state index in [4.69, 9.17) is 14.2 Å². The van der Waals surface area contributed by atoms with E-state index < -0.39 is 11.7 Å². The Labute approximate surface area is 110 Å². The molecule has 1 aromatic carbocycles. The lowest BCUT2D eigenvalue weighted by Crippen LogP contribution is -2.29. The van der Waals surface area contributed by atoms with E-state index in [1.165, 1.54) is 7.11 Å². The molecule has 19 heavy (non-hydrogen) atoms. The standard InChI is InChI=1S/C13H15NO5/c1-17-3-4-19-12-6-8-5-10(15)13(16)14-9(8)7-11(12)18-2/h6-7H,3-5H2,1-2H3,(H,14,16). The molecule has 102 valence electrons. The number of benzene rings is 1. The zero-order chi connectivity index (χ0) is 13.8. The number of rotatable bonds is 5. The second-order valence-corrected chi connectivity index (χ2v) is 4.06. The SMILES string of the molecule is COCCOc1cc2c(cc1OC)NC(=O)C(=O)C2. The number of ketones is 1. The second kappa shape index (κ2) is 5.71. The van der Waals surface area contributed by atoms with Crippen LogP contribution in [0.15, 0.2) is 12.1 Å². The van der Waals surface area contributed by atoms with Gasteiger partial charge in [-0.1, -0.05) is 0 Å². The molecular weight excluding hydrogens is 250 g/mol. The summed E-state index contributed by atoms with van der Waals surface area (Å²) in [6, 6.07) is 3.36. The molecule has 1 N–H and O–H groups in total. The highest BCUT2D eigenvalue weighted by molar-refractivity contribution is 6.42. The van der Waals surface area contributed by atoms with Gasteiger partial charge in [0.05, 0.1) is 13.7 Å². The van der Waals surface area contributed by atoms with Gasteiger partial charge in [-0.2, -0.15) is 0 Å². The molecule has 0 bridgehead atoms. The Morgan fingerprint density at radius 3 is 2.63 bits per heavy atom. The molecular formula is C13H15NO5. The third kappa shape index (κ3) is 2.85. The van der Waals surface area contributed by atoms with Crippen molar-refractivity contribution >= 4 is 17.4 Å². The molecule has 0 atom stereocenters. The topological polar surface area (TPSA) is 73.9 Å². The summed E-state index contributed by atoms with van der Waals surface area (Å²) in [6.07, 6.45) is 0.0752. The fourth-order valence-electron chi connectivity index (χ4n) is 1.82. The largest absolute Gasteiger partial charge is 0.493 e. The molecule has 0 aromatic heterocycles. The summed E-state index contributed by atoms with van der Waals surface area (Å²) in [4.78, 5) is 22.7. The number of carbonyl (C=O) groups excluding carboxylic acids is 2. The third-order valence-corrected chi connectivity index (χ3v) is 2.79. The van der Waals surface area contributed by atoms with Crippen molar-refractivity contribution < 1.29 is 23.8 Å². The Kier molecular flexibility index (Phi) is 4.01. The van der Waals surface area contributed by atoms with Crippen molar-refractivity contribution in [3.63, 3.8) is 0 Å². The monoisotopic (exact) mass is 265 g/mol. The first-order valence-corrected chi connectivity index (χ1v) is 5.82. The molecule has 0 saturated heterocycles. The first-order valence-electron chi connectivity index (χ1n) is 5.82. The van der Waals surface area contributed by atoms with Crippen LogP contribution >= 0.6 is 0 Å². The minimum absolute atomic E-state index is 0.0752. The van der Waals surface area contributed by atoms with Gasteiger partial charge < -0.3 is 19.5 Å². The molecule has 1 heterocycles. The van der Waals surface area contributed by atoms with E-state index in [-0.39, 0.29) is 6.42 Å². The van der Waals surface area contributed by atoms with Gasteiger partial charge in [-0.3, -0.25) is 9.59 Å². The van der Waals surface area contributed by atoms with E-state index in [1.54, 1.807) is 19.2 Å². The van der Waals surface area contributed by atoms with Crippen molar-refractivity contribution in [3.8, 4) is 11.5 Å². The highest BCUT2D eigenvalue weighted by Gasteiger charge is 2.25. The number of nitrogens with one attached hydrogen (secondary N) is 1. The maximum Gasteiger partial charge on any atom is 0.292 e. The third-order valence-electron chi connectivity index (χ3n) is 2.79. The summed E-state index contributed by atoms with van der Waals surface area (Å²) in [6.45, 7) is 0.835. The van der Waals surface area contributed by atoms with Crippen LogP contribution in [0.25, 0.3) is 0 Å². The average Bonchev–Trinajstić information content (AvgIpc) is 2.40. The maximum absolute atomic E-state index is 11.4. The summed E-state index contributed by atoms with van der Waals surface area (Å²) in [5.74, 6) is -0.0186. The molecule has 0 radical (unpaired) electrons. The van der Waals surface area contributed by atoms with Crippen LogP contribution in [0.3, 0.4) is 0 Å². The molecule has 2 rings (SSSR count). The minimum atomic E-state index is -0.595. The van der Waals surface area contributed by atoms with Gasteiger partial charge in [-0.25, -0.2) is 0 Å². The molecule has 0 saturated carbocycles. The van der Waals surface area contributed by atoms with Crippen molar-refractivity contribution in [2.75, 3.05) is 32.8 Å². The molecule has 0 fully saturated rings. The van der Waals surface area contributed by atoms with Crippen molar-refractivity contribution in [2.24, 2.45) is 0 Å². The normalized spacial score (nSPS) is 13.8. The van der Waals surface area contributed by atoms with Gasteiger partial charge in [-0.15, -0.1) is 0 Å². The van der Waals surface area contributed by atoms with Gasteiger partial charge in [0.15, 0.2) is 11.5 Å². The van der Waals surface area contributed by atoms with Crippen LogP contribution < -0.4 is 14.8 Å². The summed E-state index contributed by atoms with van der Waals surface area (Å²) >= 11 is 0. The fourth-order valence-corrected chi connectivity index (χ4v) is 1.82. The minimum Gasteiger partial charge on any atom is -0.493 e. The van der Waals surface area contributed by atoms with Gasteiger partial charge in [0.25, 0.3) is 5.91 Å². The van der Waals surface area contributed by atoms with E-state index in [2.05, 4.69) is 5.32 Å². The first-order chi connectivity index (χ1) is 9.15. The highest BCUT2D eigenvalue weighted by atomic mass is 16.5. The molecule has 1 aliphatic heterocycles. The number of hydrogen-bond acceptors (Lipinski definition) is 5. The zero-order valence-corrected chi connectivity index (χ0v) is 10.8. The number of anilines is 1. The molecule has 0 unspecified atom stereocenters. The van der Waals surface area contributed by atoms with Crippen molar-refractivity contribution in [2.45, 2.75) is 6.42 Å². The Morgan fingerprint density at radius 1 is 1.16 bits per heavy atom. The Balaban J connectivity index is 2.27. The van der Waals surface area contributed by atoms with Crippen LogP contribution in [0.2, 0.25) is 0 Å². The number of hydrogen-bond donors (Lipinski definition) is 1. The van der Waals surface area contributed by atoms with Crippen molar-refractivity contribution in [1.29, 1.82) is 0 Å². The van der Waals surface area contributed by atoms with Gasteiger partial charge in [0, 0.05) is 25.3 Å². The fraction of sp³-hybridized carbons (Fsp3) is 0.385. The first kappa shape index (κ1) is 13.4. The number of ether oxygens (including phenoxy) is 3. The second-order valence-electron chi connectivity index (χ2n) is 4.06. The number of amides is 1. The van der Waals surface area contributed by atoms with Crippen molar-refractivity contribution in [1.82, 2.24) is 0 Å². The number of methoxy groups -OCH3 is 2. The van der Waals surface area contributed by atoms with Gasteiger partial charge in [0.2, 0.25) is 5.78 Å². The summed E-state index contributed by atoms with van der Waals surface area (Å²) < 4.78 is 15.6. The Hall–Kier alpha value is -2.08. The predicted molar refractivity (Wildman–Crippen MR) is 67.7 cm³/mol. The molecule has 1 aliphatic rings. The van der Waals surface area contributed by atoms with Crippen LogP contribution in [0.5, 0.6) is 11.5 Å². The van der Waals surface area contributed by atoms with Crippen LogP contribution in [0.1, 0.15) is 5.56 Å².